The zero-order chi connectivity index (χ0) is 24.8. The van der Waals surface area contributed by atoms with Crippen molar-refractivity contribution < 1.29 is 27.4 Å². The summed E-state index contributed by atoms with van der Waals surface area (Å²) < 4.78 is 44.7. The van der Waals surface area contributed by atoms with Crippen molar-refractivity contribution >= 4 is 27.3 Å². The fourth-order valence-electron chi connectivity index (χ4n) is 3.49. The lowest BCUT2D eigenvalue weighted by Gasteiger charge is -2.19. The Morgan fingerprint density at radius 2 is 1.71 bits per heavy atom. The fourth-order valence-corrected chi connectivity index (χ4v) is 4.56. The first-order valence-corrected chi connectivity index (χ1v) is 12.9. The van der Waals surface area contributed by atoms with Crippen LogP contribution >= 0.6 is 0 Å². The largest absolute Gasteiger partial charge is 0.494 e. The molecule has 0 aromatic heterocycles. The van der Waals surface area contributed by atoms with Gasteiger partial charge in [-0.1, -0.05) is 13.3 Å². The molecule has 0 radical (unpaired) electrons. The van der Waals surface area contributed by atoms with E-state index in [1.165, 1.54) is 12.1 Å². The predicted octanol–water partition coefficient (Wildman–Crippen LogP) is 5.00. The zero-order valence-electron chi connectivity index (χ0n) is 19.7. The van der Waals surface area contributed by atoms with Crippen molar-refractivity contribution in [2.45, 2.75) is 31.6 Å². The van der Waals surface area contributed by atoms with Crippen molar-refractivity contribution in [3.05, 3.63) is 71.8 Å². The van der Waals surface area contributed by atoms with Gasteiger partial charge in [-0.25, -0.2) is 8.42 Å². The van der Waals surface area contributed by atoms with Crippen LogP contribution in [0, 0.1) is 6.92 Å². The number of unbranched alkanes of at least 4 members (excludes halogenated alkanes) is 1. The second-order valence-corrected chi connectivity index (χ2v) is 9.80. The number of amides is 1. The van der Waals surface area contributed by atoms with Crippen molar-refractivity contribution in [3.8, 4) is 17.2 Å². The molecular formula is C26H28N2O6S. The Labute approximate surface area is 205 Å². The van der Waals surface area contributed by atoms with Crippen LogP contribution < -0.4 is 24.2 Å². The van der Waals surface area contributed by atoms with Gasteiger partial charge in [0.2, 0.25) is 0 Å². The molecule has 1 amide bonds. The van der Waals surface area contributed by atoms with Gasteiger partial charge in [-0.15, -0.1) is 0 Å². The standard InChI is InChI=1S/C26H28N2O6S/c1-3-4-13-32-21-9-11-23(18(2)16-21)27-26(29)19-5-7-20(8-6-19)28-35(30,31)22-10-12-24-25(17-22)34-15-14-33-24/h5-12,16-17,28H,3-4,13-15H2,1-2H3,(H,27,29). The number of rotatable bonds is 9. The lowest BCUT2D eigenvalue weighted by molar-refractivity contribution is 0.102. The highest BCUT2D eigenvalue weighted by Gasteiger charge is 2.20. The number of hydrogen-bond acceptors (Lipinski definition) is 6. The third-order valence-electron chi connectivity index (χ3n) is 5.44. The molecule has 0 saturated carbocycles. The van der Waals surface area contributed by atoms with Crippen molar-refractivity contribution in [2.24, 2.45) is 0 Å². The van der Waals surface area contributed by atoms with E-state index in [-0.39, 0.29) is 10.8 Å². The normalized spacial score (nSPS) is 12.6. The van der Waals surface area contributed by atoms with Crippen LogP contribution in [0.5, 0.6) is 17.2 Å². The first kappa shape index (κ1) is 24.4. The van der Waals surface area contributed by atoms with Crippen LogP contribution in [0.3, 0.4) is 0 Å². The van der Waals surface area contributed by atoms with Crippen LogP contribution in [0.15, 0.2) is 65.6 Å². The van der Waals surface area contributed by atoms with Gasteiger partial charge < -0.3 is 19.5 Å². The predicted molar refractivity (Wildman–Crippen MR) is 134 cm³/mol. The maximum absolute atomic E-state index is 12.8. The van der Waals surface area contributed by atoms with Crippen LogP contribution in [-0.4, -0.2) is 34.1 Å². The quantitative estimate of drug-likeness (QED) is 0.404. The molecule has 1 aliphatic rings. The molecule has 0 spiro atoms. The Kier molecular flexibility index (Phi) is 7.45. The fraction of sp³-hybridized carbons (Fsp3) is 0.269. The number of benzene rings is 3. The van der Waals surface area contributed by atoms with E-state index >= 15 is 0 Å². The Morgan fingerprint density at radius 1 is 0.971 bits per heavy atom. The smallest absolute Gasteiger partial charge is 0.262 e. The van der Waals surface area contributed by atoms with E-state index in [0.717, 1.165) is 24.2 Å². The molecular weight excluding hydrogens is 468 g/mol. The Hall–Kier alpha value is -3.72. The molecule has 3 aromatic rings. The van der Waals surface area contributed by atoms with Crippen LogP contribution in [0.1, 0.15) is 35.7 Å². The second kappa shape index (κ2) is 10.7. The number of anilines is 2. The molecule has 0 saturated heterocycles. The minimum atomic E-state index is -3.84. The maximum Gasteiger partial charge on any atom is 0.262 e. The van der Waals surface area contributed by atoms with E-state index in [1.54, 1.807) is 30.3 Å². The van der Waals surface area contributed by atoms with E-state index < -0.39 is 10.0 Å². The number of sulfonamides is 1. The average Bonchev–Trinajstić information content (AvgIpc) is 2.85. The van der Waals surface area contributed by atoms with Gasteiger partial charge in [-0.3, -0.25) is 9.52 Å². The summed E-state index contributed by atoms with van der Waals surface area (Å²) in [4.78, 5) is 12.8. The lowest BCUT2D eigenvalue weighted by Crippen LogP contribution is -2.17. The summed E-state index contributed by atoms with van der Waals surface area (Å²) in [5.74, 6) is 1.37. The lowest BCUT2D eigenvalue weighted by atomic mass is 10.1. The molecule has 1 heterocycles. The van der Waals surface area contributed by atoms with Gasteiger partial charge in [-0.2, -0.15) is 0 Å². The summed E-state index contributed by atoms with van der Waals surface area (Å²) in [5.41, 5.74) is 2.30. The average molecular weight is 497 g/mol. The summed E-state index contributed by atoms with van der Waals surface area (Å²) in [6.45, 7) is 5.46. The zero-order valence-corrected chi connectivity index (χ0v) is 20.5. The van der Waals surface area contributed by atoms with Crippen molar-refractivity contribution in [2.75, 3.05) is 29.9 Å². The topological polar surface area (TPSA) is 103 Å². The monoisotopic (exact) mass is 496 g/mol. The minimum absolute atomic E-state index is 0.0566. The summed E-state index contributed by atoms with van der Waals surface area (Å²) in [7, 11) is -3.84. The van der Waals surface area contributed by atoms with Gasteiger partial charge in [-0.05, 0) is 73.5 Å². The third kappa shape index (κ3) is 6.05. The minimum Gasteiger partial charge on any atom is -0.494 e. The van der Waals surface area contributed by atoms with Crippen molar-refractivity contribution in [1.29, 1.82) is 0 Å². The van der Waals surface area contributed by atoms with Gasteiger partial charge in [0.15, 0.2) is 11.5 Å². The SMILES string of the molecule is CCCCOc1ccc(NC(=O)c2ccc(NS(=O)(=O)c3ccc4c(c3)OCCO4)cc2)c(C)c1. The maximum atomic E-state index is 12.8. The highest BCUT2D eigenvalue weighted by molar-refractivity contribution is 7.92. The Bertz CT molecular complexity index is 1310. The van der Waals surface area contributed by atoms with Crippen LogP contribution in [0.4, 0.5) is 11.4 Å². The molecule has 0 unspecified atom stereocenters. The molecule has 35 heavy (non-hydrogen) atoms. The number of ether oxygens (including phenoxy) is 3. The summed E-state index contributed by atoms with van der Waals surface area (Å²) in [5, 5.41) is 2.88. The molecule has 184 valence electrons. The van der Waals surface area contributed by atoms with E-state index in [1.807, 2.05) is 25.1 Å². The summed E-state index contributed by atoms with van der Waals surface area (Å²) >= 11 is 0. The molecule has 0 fully saturated rings. The summed E-state index contributed by atoms with van der Waals surface area (Å²) in [6.07, 6.45) is 2.05. The number of hydrogen-bond donors (Lipinski definition) is 2. The van der Waals surface area contributed by atoms with Gasteiger partial charge in [0, 0.05) is 23.0 Å². The number of fused-ring (bicyclic) bond motifs is 1. The van der Waals surface area contributed by atoms with Crippen LogP contribution in [-0.2, 0) is 10.0 Å². The highest BCUT2D eigenvalue weighted by Crippen LogP contribution is 2.32. The highest BCUT2D eigenvalue weighted by atomic mass is 32.2. The molecule has 8 nitrogen and oxygen atoms in total. The van der Waals surface area contributed by atoms with Gasteiger partial charge in [0.25, 0.3) is 15.9 Å². The van der Waals surface area contributed by atoms with Gasteiger partial charge >= 0.3 is 0 Å². The van der Waals surface area contributed by atoms with E-state index in [2.05, 4.69) is 17.0 Å². The van der Waals surface area contributed by atoms with Crippen molar-refractivity contribution in [1.82, 2.24) is 0 Å². The molecule has 3 aromatic carbocycles. The number of carbonyl (C=O) groups excluding carboxylic acids is 1. The van der Waals surface area contributed by atoms with Crippen LogP contribution in [0.25, 0.3) is 0 Å². The Morgan fingerprint density at radius 3 is 2.43 bits per heavy atom. The van der Waals surface area contributed by atoms with E-state index in [0.29, 0.717) is 48.3 Å². The molecule has 0 atom stereocenters. The number of carbonyl (C=O) groups is 1. The number of nitrogens with one attached hydrogen (secondary N) is 2. The van der Waals surface area contributed by atoms with E-state index in [4.69, 9.17) is 14.2 Å². The molecule has 0 bridgehead atoms. The first-order chi connectivity index (χ1) is 16.9. The van der Waals surface area contributed by atoms with E-state index in [9.17, 15) is 13.2 Å². The van der Waals surface area contributed by atoms with Crippen LogP contribution in [0.2, 0.25) is 0 Å². The first-order valence-electron chi connectivity index (χ1n) is 11.4. The molecule has 1 aliphatic heterocycles. The van der Waals surface area contributed by atoms with Gasteiger partial charge in [0.1, 0.15) is 19.0 Å². The van der Waals surface area contributed by atoms with Crippen molar-refractivity contribution in [3.63, 3.8) is 0 Å². The molecule has 4 rings (SSSR count). The Balaban J connectivity index is 1.40. The summed E-state index contributed by atoms with van der Waals surface area (Å²) in [6, 6.07) is 16.2. The molecule has 0 aliphatic carbocycles. The number of aryl methyl sites for hydroxylation is 1. The molecule has 2 N–H and O–H groups in total. The second-order valence-electron chi connectivity index (χ2n) is 8.12. The third-order valence-corrected chi connectivity index (χ3v) is 6.81. The van der Waals surface area contributed by atoms with Gasteiger partial charge in [0.05, 0.1) is 11.5 Å². The molecule has 9 heteroatoms.